The van der Waals surface area contributed by atoms with Crippen LogP contribution in [0.1, 0.15) is 63.9 Å². The largest absolute Gasteiger partial charge is 0.444 e. The third-order valence-corrected chi connectivity index (χ3v) is 7.57. The first-order chi connectivity index (χ1) is 17.6. The van der Waals surface area contributed by atoms with E-state index in [2.05, 4.69) is 60.0 Å². The fourth-order valence-corrected chi connectivity index (χ4v) is 5.71. The monoisotopic (exact) mass is 519 g/mol. The van der Waals surface area contributed by atoms with Crippen molar-refractivity contribution in [2.45, 2.75) is 71.6 Å². The Kier molecular flexibility index (Phi) is 8.22. The van der Waals surface area contributed by atoms with Gasteiger partial charge >= 0.3 is 6.09 Å². The van der Waals surface area contributed by atoms with Gasteiger partial charge in [0.25, 0.3) is 0 Å². The molecule has 0 bridgehead atoms. The number of para-hydroxylation sites is 1. The fraction of sp³-hybridized carbons (Fsp3) is 0.400. The Morgan fingerprint density at radius 2 is 1.78 bits per heavy atom. The number of carbonyl (C=O) groups is 2. The number of nitrogens with zero attached hydrogens (tertiary/aromatic N) is 1. The lowest BCUT2D eigenvalue weighted by molar-refractivity contribution is -0.118. The molecular formula is C30H37N3O3S. The molecule has 0 fully saturated rings. The zero-order chi connectivity index (χ0) is 26.6. The highest BCUT2D eigenvalue weighted by atomic mass is 32.1. The molecule has 2 amide bonds. The Bertz CT molecular complexity index is 1230. The maximum Gasteiger partial charge on any atom is 0.407 e. The van der Waals surface area contributed by atoms with E-state index in [9.17, 15) is 9.59 Å². The third kappa shape index (κ3) is 6.72. The van der Waals surface area contributed by atoms with E-state index >= 15 is 0 Å². The molecule has 1 aliphatic heterocycles. The number of amides is 2. The van der Waals surface area contributed by atoms with Crippen LogP contribution in [0.2, 0.25) is 0 Å². The van der Waals surface area contributed by atoms with Gasteiger partial charge in [0.2, 0.25) is 5.91 Å². The Hall–Kier alpha value is -3.32. The molecule has 7 heteroatoms. The predicted molar refractivity (Wildman–Crippen MR) is 152 cm³/mol. The van der Waals surface area contributed by atoms with Crippen LogP contribution in [0.3, 0.4) is 0 Å². The summed E-state index contributed by atoms with van der Waals surface area (Å²) in [6.07, 6.45) is 1.74. The second-order valence-electron chi connectivity index (χ2n) is 10.5. The van der Waals surface area contributed by atoms with Crippen LogP contribution in [-0.2, 0) is 16.0 Å². The zero-order valence-corrected chi connectivity index (χ0v) is 23.2. The number of hydrogen-bond donors (Lipinski definition) is 2. The van der Waals surface area contributed by atoms with Gasteiger partial charge in [0.15, 0.2) is 0 Å². The Morgan fingerprint density at radius 3 is 2.49 bits per heavy atom. The van der Waals surface area contributed by atoms with Gasteiger partial charge in [0, 0.05) is 40.1 Å². The molecule has 6 nitrogen and oxygen atoms in total. The van der Waals surface area contributed by atoms with Crippen molar-refractivity contribution in [2.24, 2.45) is 0 Å². The number of ether oxygens (including phenoxy) is 1. The summed E-state index contributed by atoms with van der Waals surface area (Å²) in [6.45, 7) is 10.2. The van der Waals surface area contributed by atoms with Gasteiger partial charge in [-0.25, -0.2) is 4.79 Å². The van der Waals surface area contributed by atoms with Gasteiger partial charge < -0.3 is 20.3 Å². The second-order valence-corrected chi connectivity index (χ2v) is 11.6. The van der Waals surface area contributed by atoms with Gasteiger partial charge in [-0.1, -0.05) is 37.3 Å². The lowest BCUT2D eigenvalue weighted by Gasteiger charge is -2.40. The first-order valence-corrected chi connectivity index (χ1v) is 13.8. The van der Waals surface area contributed by atoms with Gasteiger partial charge in [-0.05, 0) is 82.0 Å². The number of thiophene rings is 1. The summed E-state index contributed by atoms with van der Waals surface area (Å²) in [5, 5.41) is 6.52. The topological polar surface area (TPSA) is 70.7 Å². The molecule has 0 saturated carbocycles. The minimum Gasteiger partial charge on any atom is -0.444 e. The number of rotatable bonds is 7. The van der Waals surface area contributed by atoms with E-state index in [1.165, 1.54) is 15.3 Å². The molecule has 0 spiro atoms. The van der Waals surface area contributed by atoms with Crippen molar-refractivity contribution in [1.29, 1.82) is 0 Å². The van der Waals surface area contributed by atoms with E-state index < -0.39 is 5.60 Å². The average molecular weight is 520 g/mol. The highest BCUT2D eigenvalue weighted by Gasteiger charge is 2.32. The number of hydrogen-bond acceptors (Lipinski definition) is 5. The van der Waals surface area contributed by atoms with E-state index in [0.717, 1.165) is 29.8 Å². The number of fused-ring (bicyclic) bond motifs is 1. The fourth-order valence-electron chi connectivity index (χ4n) is 4.70. The van der Waals surface area contributed by atoms with Gasteiger partial charge in [-0.15, -0.1) is 11.3 Å². The lowest BCUT2D eigenvalue weighted by Crippen LogP contribution is -2.44. The highest BCUT2D eigenvalue weighted by Crippen LogP contribution is 2.39. The van der Waals surface area contributed by atoms with Crippen molar-refractivity contribution in [3.63, 3.8) is 0 Å². The molecule has 0 aliphatic carbocycles. The molecule has 2 heterocycles. The van der Waals surface area contributed by atoms with Crippen molar-refractivity contribution in [1.82, 2.24) is 5.32 Å². The lowest BCUT2D eigenvalue weighted by atomic mass is 9.91. The zero-order valence-electron chi connectivity index (χ0n) is 22.3. The van der Waals surface area contributed by atoms with Crippen molar-refractivity contribution in [2.75, 3.05) is 16.8 Å². The summed E-state index contributed by atoms with van der Waals surface area (Å²) in [7, 11) is 0. The number of anilines is 2. The first kappa shape index (κ1) is 26.7. The van der Waals surface area contributed by atoms with Gasteiger partial charge in [0.1, 0.15) is 5.60 Å². The number of carbonyl (C=O) groups excluding carboxylic acids is 2. The summed E-state index contributed by atoms with van der Waals surface area (Å²) in [6, 6.07) is 21.3. The quantitative estimate of drug-likeness (QED) is 0.347. The van der Waals surface area contributed by atoms with Crippen LogP contribution in [0, 0.1) is 0 Å². The molecule has 37 heavy (non-hydrogen) atoms. The molecule has 2 atom stereocenters. The van der Waals surface area contributed by atoms with Crippen molar-refractivity contribution < 1.29 is 14.3 Å². The molecule has 196 valence electrons. The third-order valence-electron chi connectivity index (χ3n) is 6.37. The summed E-state index contributed by atoms with van der Waals surface area (Å²) >= 11 is 1.74. The molecule has 3 aromatic rings. The van der Waals surface area contributed by atoms with Crippen LogP contribution in [0.4, 0.5) is 16.2 Å². The van der Waals surface area contributed by atoms with E-state index in [1.54, 1.807) is 11.3 Å². The average Bonchev–Trinajstić information content (AvgIpc) is 3.32. The van der Waals surface area contributed by atoms with Gasteiger partial charge in [-0.2, -0.15) is 0 Å². The van der Waals surface area contributed by atoms with Crippen LogP contribution in [0.5, 0.6) is 0 Å². The van der Waals surface area contributed by atoms with E-state index in [0.29, 0.717) is 13.0 Å². The minimum absolute atomic E-state index is 0.133. The van der Waals surface area contributed by atoms with Crippen molar-refractivity contribution >= 4 is 34.7 Å². The molecule has 0 saturated heterocycles. The number of alkyl carbamates (subject to hydrolysis) is 1. The molecule has 2 N–H and O–H groups in total. The summed E-state index contributed by atoms with van der Waals surface area (Å²) in [4.78, 5) is 28.8. The number of benzene rings is 2. The van der Waals surface area contributed by atoms with Crippen LogP contribution >= 0.6 is 11.3 Å². The van der Waals surface area contributed by atoms with Crippen LogP contribution in [0.15, 0.2) is 60.7 Å². The summed E-state index contributed by atoms with van der Waals surface area (Å²) in [5.74, 6) is 0.165. The highest BCUT2D eigenvalue weighted by molar-refractivity contribution is 7.15. The summed E-state index contributed by atoms with van der Waals surface area (Å²) < 4.78 is 5.29. The molecule has 2 aromatic carbocycles. The SMILES string of the molecule is CCC(=O)N1c2ccccc2[C@H](Nc2ccc(-c3ccc(CCNC(=O)OC(C)(C)C)s3)cc2)C[C@@H]1C. The number of nitrogens with one attached hydrogen (secondary N) is 2. The van der Waals surface area contributed by atoms with Gasteiger partial charge in [0.05, 0.1) is 6.04 Å². The normalized spacial score (nSPS) is 17.2. The first-order valence-electron chi connectivity index (χ1n) is 13.0. The van der Waals surface area contributed by atoms with E-state index in [4.69, 9.17) is 4.74 Å². The molecule has 1 aliphatic rings. The minimum atomic E-state index is -0.492. The van der Waals surface area contributed by atoms with Crippen LogP contribution in [0.25, 0.3) is 10.4 Å². The molecular weight excluding hydrogens is 482 g/mol. The van der Waals surface area contributed by atoms with Crippen molar-refractivity contribution in [3.8, 4) is 10.4 Å². The van der Waals surface area contributed by atoms with E-state index in [1.807, 2.05) is 50.8 Å². The molecule has 4 rings (SSSR count). The van der Waals surface area contributed by atoms with Crippen molar-refractivity contribution in [3.05, 3.63) is 71.1 Å². The smallest absolute Gasteiger partial charge is 0.407 e. The Labute approximate surface area is 224 Å². The standard InChI is InChI=1S/C30H37N3O3S/c1-6-28(34)33-20(2)19-25(24-9-7-8-10-26(24)33)32-22-13-11-21(12-14-22)27-16-15-23(37-27)17-18-31-29(35)36-30(3,4)5/h7-16,20,25,32H,6,17-19H2,1-5H3,(H,31,35)/t20-,25+/m0/s1. The van der Waals surface area contributed by atoms with Crippen LogP contribution < -0.4 is 15.5 Å². The maximum atomic E-state index is 12.6. The van der Waals surface area contributed by atoms with E-state index in [-0.39, 0.29) is 24.1 Å². The maximum absolute atomic E-state index is 12.6. The predicted octanol–water partition coefficient (Wildman–Crippen LogP) is 7.17. The molecule has 0 radical (unpaired) electrons. The van der Waals surface area contributed by atoms with Crippen LogP contribution in [-0.4, -0.2) is 30.2 Å². The Morgan fingerprint density at radius 1 is 1.05 bits per heavy atom. The van der Waals surface area contributed by atoms with Gasteiger partial charge in [-0.3, -0.25) is 4.79 Å². The molecule has 1 aromatic heterocycles. The summed E-state index contributed by atoms with van der Waals surface area (Å²) in [5.41, 5.74) is 3.90. The second kappa shape index (κ2) is 11.4. The molecule has 0 unspecified atom stereocenters. The Balaban J connectivity index is 1.38.